The highest BCUT2D eigenvalue weighted by Crippen LogP contribution is 2.47. The Balaban J connectivity index is 1.53. The number of nitrogens with zero attached hydrogens (tertiary/aromatic N) is 1. The zero-order valence-electron chi connectivity index (χ0n) is 16.2. The van der Waals surface area contributed by atoms with Crippen molar-refractivity contribution >= 4 is 17.8 Å². The molecule has 0 aromatic rings. The zero-order chi connectivity index (χ0) is 19.2. The molecule has 0 aromatic carbocycles. The molecule has 6 heteroatoms. The number of nitrogens with one attached hydrogen (secondary N) is 1. The zero-order valence-corrected chi connectivity index (χ0v) is 16.2. The van der Waals surface area contributed by atoms with Crippen LogP contribution >= 0.6 is 0 Å². The summed E-state index contributed by atoms with van der Waals surface area (Å²) in [5.74, 6) is -0.398. The molecule has 1 atom stereocenters. The molecule has 6 nitrogen and oxygen atoms in total. The van der Waals surface area contributed by atoms with Gasteiger partial charge in [0.15, 0.2) is 0 Å². The second-order valence-electron chi connectivity index (χ2n) is 8.49. The highest BCUT2D eigenvalue weighted by atomic mass is 16.6. The van der Waals surface area contributed by atoms with Crippen LogP contribution < -0.4 is 5.32 Å². The lowest BCUT2D eigenvalue weighted by atomic mass is 9.76. The Bertz CT molecular complexity index is 760. The van der Waals surface area contributed by atoms with Crippen molar-refractivity contribution in [2.24, 2.45) is 5.41 Å². The topological polar surface area (TPSA) is 75.7 Å². The Kier molecular flexibility index (Phi) is 4.40. The van der Waals surface area contributed by atoms with E-state index in [0.717, 1.165) is 57.1 Å². The van der Waals surface area contributed by atoms with Gasteiger partial charge in [-0.2, -0.15) is 0 Å². The summed E-state index contributed by atoms with van der Waals surface area (Å²) >= 11 is 0. The second-order valence-corrected chi connectivity index (χ2v) is 8.49. The Morgan fingerprint density at radius 1 is 1.19 bits per heavy atom. The van der Waals surface area contributed by atoms with Crippen molar-refractivity contribution in [2.45, 2.75) is 70.3 Å². The van der Waals surface area contributed by atoms with Gasteiger partial charge in [-0.05, 0) is 51.9 Å². The number of ether oxygens (including phenoxy) is 1. The number of fused-ring (bicyclic) bond motifs is 1. The minimum atomic E-state index is -0.727. The van der Waals surface area contributed by atoms with Crippen molar-refractivity contribution in [1.29, 1.82) is 0 Å². The predicted octanol–water partition coefficient (Wildman–Crippen LogP) is 2.60. The van der Waals surface area contributed by atoms with Gasteiger partial charge >= 0.3 is 5.97 Å². The standard InChI is InChI=1S/C21H28N2O4/c1-14-17(21(27-19(14)26)10-4-3-5-11-21)18(25)22-13-20-9-6-7-15(20)23(2)16(24)8-12-20/h7H,3-6,8-13H2,1-2H3,(H,22,25). The first-order chi connectivity index (χ1) is 12.9. The van der Waals surface area contributed by atoms with Crippen LogP contribution in [-0.4, -0.2) is 41.9 Å². The SMILES string of the molecule is CC1=C(C(=O)NCC23CCC=C2N(C)C(=O)CC3)C2(CCCCC2)OC1=O. The van der Waals surface area contributed by atoms with Gasteiger partial charge < -0.3 is 15.0 Å². The molecule has 146 valence electrons. The Morgan fingerprint density at radius 2 is 1.93 bits per heavy atom. The summed E-state index contributed by atoms with van der Waals surface area (Å²) in [6.45, 7) is 2.20. The molecule has 2 fully saturated rings. The number of allylic oxidation sites excluding steroid dienone is 1. The fraction of sp³-hybridized carbons (Fsp3) is 0.667. The highest BCUT2D eigenvalue weighted by Gasteiger charge is 2.50. The molecule has 2 aliphatic carbocycles. The van der Waals surface area contributed by atoms with E-state index in [0.29, 0.717) is 24.1 Å². The number of esters is 1. The molecule has 1 spiro atoms. The van der Waals surface area contributed by atoms with Crippen LogP contribution in [0.15, 0.2) is 22.9 Å². The van der Waals surface area contributed by atoms with Crippen LogP contribution in [0.1, 0.15) is 64.7 Å². The van der Waals surface area contributed by atoms with Crippen LogP contribution in [0.4, 0.5) is 0 Å². The van der Waals surface area contributed by atoms with E-state index in [1.807, 2.05) is 7.05 Å². The molecule has 1 unspecified atom stereocenters. The van der Waals surface area contributed by atoms with E-state index in [9.17, 15) is 14.4 Å². The molecule has 2 aliphatic heterocycles. The third-order valence-corrected chi connectivity index (χ3v) is 6.96. The first kappa shape index (κ1) is 18.3. The number of hydrogen-bond acceptors (Lipinski definition) is 4. The lowest BCUT2D eigenvalue weighted by Crippen LogP contribution is -2.48. The summed E-state index contributed by atoms with van der Waals surface area (Å²) in [7, 11) is 1.82. The van der Waals surface area contributed by atoms with Gasteiger partial charge in [-0.15, -0.1) is 0 Å². The van der Waals surface area contributed by atoms with E-state index in [1.165, 1.54) is 0 Å². The quantitative estimate of drug-likeness (QED) is 0.773. The number of likely N-dealkylation sites (tertiary alicyclic amines) is 1. The largest absolute Gasteiger partial charge is 0.451 e. The van der Waals surface area contributed by atoms with Crippen LogP contribution in [0.3, 0.4) is 0 Å². The van der Waals surface area contributed by atoms with Gasteiger partial charge in [0.1, 0.15) is 5.60 Å². The summed E-state index contributed by atoms with van der Waals surface area (Å²) in [5.41, 5.74) is 1.12. The van der Waals surface area contributed by atoms with Gasteiger partial charge in [-0.3, -0.25) is 9.59 Å². The van der Waals surface area contributed by atoms with E-state index in [1.54, 1.807) is 11.8 Å². The van der Waals surface area contributed by atoms with Crippen molar-refractivity contribution in [2.75, 3.05) is 13.6 Å². The molecule has 0 radical (unpaired) electrons. The lowest BCUT2D eigenvalue weighted by molar-refractivity contribution is -0.149. The molecule has 0 bridgehead atoms. The van der Waals surface area contributed by atoms with Crippen LogP contribution in [-0.2, 0) is 19.1 Å². The van der Waals surface area contributed by atoms with E-state index in [-0.39, 0.29) is 23.2 Å². The van der Waals surface area contributed by atoms with Crippen molar-refractivity contribution in [3.8, 4) is 0 Å². The number of amides is 2. The minimum absolute atomic E-state index is 0.139. The molecule has 0 aromatic heterocycles. The number of piperidine rings is 1. The smallest absolute Gasteiger partial charge is 0.335 e. The molecule has 4 rings (SSSR count). The van der Waals surface area contributed by atoms with Crippen LogP contribution in [0, 0.1) is 5.41 Å². The van der Waals surface area contributed by atoms with Crippen molar-refractivity contribution in [1.82, 2.24) is 10.2 Å². The molecule has 27 heavy (non-hydrogen) atoms. The first-order valence-electron chi connectivity index (χ1n) is 10.1. The Hall–Kier alpha value is -2.11. The normalized spacial score (nSPS) is 29.7. The van der Waals surface area contributed by atoms with E-state index in [4.69, 9.17) is 4.74 Å². The maximum Gasteiger partial charge on any atom is 0.335 e. The van der Waals surface area contributed by atoms with Crippen LogP contribution in [0.2, 0.25) is 0 Å². The number of carbonyl (C=O) groups is 3. The van der Waals surface area contributed by atoms with E-state index < -0.39 is 5.60 Å². The van der Waals surface area contributed by atoms with Crippen LogP contribution in [0.5, 0.6) is 0 Å². The molecule has 2 heterocycles. The Labute approximate surface area is 160 Å². The summed E-state index contributed by atoms with van der Waals surface area (Å²) < 4.78 is 5.71. The lowest BCUT2D eigenvalue weighted by Gasteiger charge is -2.41. The Morgan fingerprint density at radius 3 is 2.67 bits per heavy atom. The summed E-state index contributed by atoms with van der Waals surface area (Å²) in [5, 5.41) is 3.11. The molecule has 1 N–H and O–H groups in total. The average molecular weight is 372 g/mol. The molecule has 1 saturated carbocycles. The molecule has 2 amide bonds. The summed E-state index contributed by atoms with van der Waals surface area (Å²) in [6, 6.07) is 0. The number of hydrogen-bond donors (Lipinski definition) is 1. The third kappa shape index (κ3) is 2.80. The maximum absolute atomic E-state index is 13.1. The van der Waals surface area contributed by atoms with Gasteiger partial charge in [-0.25, -0.2) is 4.79 Å². The fourth-order valence-corrected chi connectivity index (χ4v) is 5.43. The third-order valence-electron chi connectivity index (χ3n) is 6.96. The summed E-state index contributed by atoms with van der Waals surface area (Å²) in [6.07, 6.45) is 9.79. The molecular weight excluding hydrogens is 344 g/mol. The predicted molar refractivity (Wildman–Crippen MR) is 99.4 cm³/mol. The van der Waals surface area contributed by atoms with E-state index in [2.05, 4.69) is 11.4 Å². The number of rotatable bonds is 3. The van der Waals surface area contributed by atoms with E-state index >= 15 is 0 Å². The molecule has 4 aliphatic rings. The van der Waals surface area contributed by atoms with Crippen LogP contribution in [0.25, 0.3) is 0 Å². The van der Waals surface area contributed by atoms with Gasteiger partial charge in [-0.1, -0.05) is 12.5 Å². The second kappa shape index (κ2) is 6.50. The van der Waals surface area contributed by atoms with Crippen molar-refractivity contribution in [3.63, 3.8) is 0 Å². The van der Waals surface area contributed by atoms with Gasteiger partial charge in [0.05, 0.1) is 5.57 Å². The number of carbonyl (C=O) groups excluding carboxylic acids is 3. The minimum Gasteiger partial charge on any atom is -0.451 e. The first-order valence-corrected chi connectivity index (χ1v) is 10.1. The van der Waals surface area contributed by atoms with Crippen molar-refractivity contribution < 1.29 is 19.1 Å². The monoisotopic (exact) mass is 372 g/mol. The highest BCUT2D eigenvalue weighted by molar-refractivity contribution is 6.07. The maximum atomic E-state index is 13.1. The average Bonchev–Trinajstić information content (AvgIpc) is 3.18. The fourth-order valence-electron chi connectivity index (χ4n) is 5.43. The van der Waals surface area contributed by atoms with Gasteiger partial charge in [0.2, 0.25) is 5.91 Å². The molecular formula is C21H28N2O4. The van der Waals surface area contributed by atoms with Gasteiger partial charge in [0, 0.05) is 36.7 Å². The molecule has 1 saturated heterocycles. The summed E-state index contributed by atoms with van der Waals surface area (Å²) in [4.78, 5) is 39.2. The van der Waals surface area contributed by atoms with Gasteiger partial charge in [0.25, 0.3) is 5.91 Å². The van der Waals surface area contributed by atoms with Crippen molar-refractivity contribution in [3.05, 3.63) is 22.9 Å².